The lowest BCUT2D eigenvalue weighted by Crippen LogP contribution is -2.41. The van der Waals surface area contributed by atoms with Crippen LogP contribution in [0.3, 0.4) is 0 Å². The molecule has 5 nitrogen and oxygen atoms in total. The van der Waals surface area contributed by atoms with E-state index < -0.39 is 9.84 Å². The Morgan fingerprint density at radius 2 is 2.00 bits per heavy atom. The molecule has 2 unspecified atom stereocenters. The molecule has 1 rings (SSSR count). The second kappa shape index (κ2) is 7.24. The van der Waals surface area contributed by atoms with Crippen molar-refractivity contribution in [1.29, 1.82) is 0 Å². The quantitative estimate of drug-likeness (QED) is 0.724. The van der Waals surface area contributed by atoms with Crippen molar-refractivity contribution < 1.29 is 13.2 Å². The van der Waals surface area contributed by atoms with Crippen LogP contribution in [0.25, 0.3) is 0 Å². The van der Waals surface area contributed by atoms with Gasteiger partial charge >= 0.3 is 0 Å². The Balaban J connectivity index is 2.27. The number of hydrogen-bond donors (Lipinski definition) is 2. The molecule has 0 radical (unpaired) electrons. The molecule has 0 saturated heterocycles. The van der Waals surface area contributed by atoms with Gasteiger partial charge in [0.05, 0.1) is 5.25 Å². The highest BCUT2D eigenvalue weighted by atomic mass is 32.2. The first-order chi connectivity index (χ1) is 8.80. The van der Waals surface area contributed by atoms with Gasteiger partial charge in [-0.2, -0.15) is 0 Å². The summed E-state index contributed by atoms with van der Waals surface area (Å²) in [6, 6.07) is 0.00731. The summed E-state index contributed by atoms with van der Waals surface area (Å²) >= 11 is 0. The molecule has 19 heavy (non-hydrogen) atoms. The summed E-state index contributed by atoms with van der Waals surface area (Å²) in [5, 5.41) is 5.78. The van der Waals surface area contributed by atoms with Crippen LogP contribution < -0.4 is 10.6 Å². The average molecular weight is 290 g/mol. The van der Waals surface area contributed by atoms with E-state index in [2.05, 4.69) is 10.6 Å². The lowest BCUT2D eigenvalue weighted by Gasteiger charge is -2.19. The first kappa shape index (κ1) is 16.4. The Morgan fingerprint density at radius 1 is 1.32 bits per heavy atom. The highest BCUT2D eigenvalue weighted by Crippen LogP contribution is 2.24. The fraction of sp³-hybridized carbons (Fsp3) is 0.923. The monoisotopic (exact) mass is 290 g/mol. The largest absolute Gasteiger partial charge is 0.356 e. The van der Waals surface area contributed by atoms with E-state index in [9.17, 15) is 13.2 Å². The van der Waals surface area contributed by atoms with Crippen molar-refractivity contribution in [1.82, 2.24) is 10.6 Å². The number of sulfone groups is 1. The normalized spacial score (nSPS) is 23.8. The van der Waals surface area contributed by atoms with E-state index >= 15 is 0 Å². The van der Waals surface area contributed by atoms with Gasteiger partial charge < -0.3 is 10.6 Å². The molecule has 1 aliphatic carbocycles. The minimum Gasteiger partial charge on any atom is -0.356 e. The molecule has 0 aromatic heterocycles. The minimum atomic E-state index is -2.99. The lowest BCUT2D eigenvalue weighted by atomic mass is 10.2. The van der Waals surface area contributed by atoms with Crippen LogP contribution in [0.2, 0.25) is 0 Å². The number of carbonyl (C=O) groups is 1. The van der Waals surface area contributed by atoms with E-state index in [4.69, 9.17) is 0 Å². The summed E-state index contributed by atoms with van der Waals surface area (Å²) in [6.07, 6.45) is 4.25. The Labute approximate surface area is 116 Å². The van der Waals surface area contributed by atoms with Crippen LogP contribution >= 0.6 is 0 Å². The molecule has 1 saturated carbocycles. The molecule has 0 aliphatic heterocycles. The van der Waals surface area contributed by atoms with Gasteiger partial charge in [-0.3, -0.25) is 4.79 Å². The molecule has 2 atom stereocenters. The average Bonchev–Trinajstić information content (AvgIpc) is 2.74. The fourth-order valence-electron chi connectivity index (χ4n) is 2.45. The van der Waals surface area contributed by atoms with E-state index in [1.165, 1.54) is 6.26 Å². The van der Waals surface area contributed by atoms with Gasteiger partial charge in [0.15, 0.2) is 9.84 Å². The van der Waals surface area contributed by atoms with Gasteiger partial charge in [0.25, 0.3) is 0 Å². The SMILES string of the molecule is CC(C)CNC(=O)CCNC1CCCC1S(C)(=O)=O. The highest BCUT2D eigenvalue weighted by Gasteiger charge is 2.34. The van der Waals surface area contributed by atoms with Gasteiger partial charge in [0, 0.05) is 31.8 Å². The van der Waals surface area contributed by atoms with Gasteiger partial charge in [0.2, 0.25) is 5.91 Å². The lowest BCUT2D eigenvalue weighted by molar-refractivity contribution is -0.121. The van der Waals surface area contributed by atoms with Crippen molar-refractivity contribution >= 4 is 15.7 Å². The molecule has 1 fully saturated rings. The number of rotatable bonds is 7. The number of hydrogen-bond acceptors (Lipinski definition) is 4. The predicted molar refractivity (Wildman–Crippen MR) is 76.7 cm³/mol. The molecule has 1 amide bonds. The molecule has 0 spiro atoms. The molecule has 112 valence electrons. The zero-order valence-corrected chi connectivity index (χ0v) is 12.9. The maximum atomic E-state index is 11.6. The standard InChI is InChI=1S/C13H26N2O3S/c1-10(2)9-15-13(16)7-8-14-11-5-4-6-12(11)19(3,17)18/h10-12,14H,4-9H2,1-3H3,(H,15,16). The highest BCUT2D eigenvalue weighted by molar-refractivity contribution is 7.91. The first-order valence-corrected chi connectivity index (χ1v) is 8.95. The number of amides is 1. The molecule has 2 N–H and O–H groups in total. The van der Waals surface area contributed by atoms with Crippen molar-refractivity contribution in [3.8, 4) is 0 Å². The maximum Gasteiger partial charge on any atom is 0.221 e. The Bertz CT molecular complexity index is 393. The van der Waals surface area contributed by atoms with E-state index in [1.807, 2.05) is 13.8 Å². The van der Waals surface area contributed by atoms with Gasteiger partial charge in [-0.1, -0.05) is 20.3 Å². The molecule has 0 bridgehead atoms. The minimum absolute atomic E-state index is 0.00731. The fourth-order valence-corrected chi connectivity index (χ4v) is 3.87. The Morgan fingerprint density at radius 3 is 2.58 bits per heavy atom. The first-order valence-electron chi connectivity index (χ1n) is 6.99. The zero-order chi connectivity index (χ0) is 14.5. The zero-order valence-electron chi connectivity index (χ0n) is 12.1. The van der Waals surface area contributed by atoms with E-state index in [0.29, 0.717) is 25.4 Å². The summed E-state index contributed by atoms with van der Waals surface area (Å²) in [5.41, 5.74) is 0. The van der Waals surface area contributed by atoms with E-state index in [-0.39, 0.29) is 17.2 Å². The third-order valence-electron chi connectivity index (χ3n) is 3.47. The molecule has 0 aromatic rings. The molecule has 0 heterocycles. The summed E-state index contributed by atoms with van der Waals surface area (Å²) in [7, 11) is -2.99. The van der Waals surface area contributed by atoms with Crippen LogP contribution in [0, 0.1) is 5.92 Å². The van der Waals surface area contributed by atoms with Crippen molar-refractivity contribution in [2.75, 3.05) is 19.3 Å². The van der Waals surface area contributed by atoms with Gasteiger partial charge in [-0.25, -0.2) is 8.42 Å². The van der Waals surface area contributed by atoms with Crippen LogP contribution in [0.5, 0.6) is 0 Å². The number of carbonyl (C=O) groups excluding carboxylic acids is 1. The molecular weight excluding hydrogens is 264 g/mol. The predicted octanol–water partition coefficient (Wildman–Crippen LogP) is 0.704. The Kier molecular flexibility index (Phi) is 6.26. The van der Waals surface area contributed by atoms with Gasteiger partial charge in [-0.15, -0.1) is 0 Å². The second-order valence-corrected chi connectivity index (χ2v) is 8.07. The smallest absolute Gasteiger partial charge is 0.221 e. The van der Waals surface area contributed by atoms with Gasteiger partial charge in [-0.05, 0) is 18.8 Å². The third-order valence-corrected chi connectivity index (χ3v) is 5.13. The summed E-state index contributed by atoms with van der Waals surface area (Å²) < 4.78 is 23.2. The topological polar surface area (TPSA) is 75.3 Å². The molecular formula is C13H26N2O3S. The van der Waals surface area contributed by atoms with E-state index in [0.717, 1.165) is 19.3 Å². The second-order valence-electron chi connectivity index (χ2n) is 5.81. The molecule has 1 aliphatic rings. The summed E-state index contributed by atoms with van der Waals surface area (Å²) in [5.74, 6) is 0.469. The van der Waals surface area contributed by atoms with Gasteiger partial charge in [0.1, 0.15) is 0 Å². The Hall–Kier alpha value is -0.620. The summed E-state index contributed by atoms with van der Waals surface area (Å²) in [6.45, 7) is 5.33. The molecule has 0 aromatic carbocycles. The van der Waals surface area contributed by atoms with E-state index in [1.54, 1.807) is 0 Å². The van der Waals surface area contributed by atoms with Crippen molar-refractivity contribution in [3.63, 3.8) is 0 Å². The number of nitrogens with one attached hydrogen (secondary N) is 2. The van der Waals surface area contributed by atoms with Crippen LogP contribution in [0.1, 0.15) is 39.5 Å². The third kappa shape index (κ3) is 5.91. The van der Waals surface area contributed by atoms with Crippen LogP contribution in [0.4, 0.5) is 0 Å². The van der Waals surface area contributed by atoms with Crippen LogP contribution in [-0.4, -0.2) is 45.0 Å². The molecule has 6 heteroatoms. The van der Waals surface area contributed by atoms with Crippen molar-refractivity contribution in [2.24, 2.45) is 5.92 Å². The van der Waals surface area contributed by atoms with Crippen molar-refractivity contribution in [2.45, 2.75) is 50.8 Å². The summed E-state index contributed by atoms with van der Waals surface area (Å²) in [4.78, 5) is 11.5. The van der Waals surface area contributed by atoms with Crippen LogP contribution in [-0.2, 0) is 14.6 Å². The maximum absolute atomic E-state index is 11.6. The van der Waals surface area contributed by atoms with Crippen molar-refractivity contribution in [3.05, 3.63) is 0 Å². The van der Waals surface area contributed by atoms with Crippen LogP contribution in [0.15, 0.2) is 0 Å².